The van der Waals surface area contributed by atoms with E-state index >= 15 is 0 Å². The Balaban J connectivity index is 1.61. The smallest absolute Gasteiger partial charge is 0.416 e. The summed E-state index contributed by atoms with van der Waals surface area (Å²) in [6.07, 6.45) is -1.80. The van der Waals surface area contributed by atoms with Crippen molar-refractivity contribution in [3.8, 4) is 0 Å². The fourth-order valence-electron chi connectivity index (χ4n) is 4.42. The molecule has 1 heterocycles. The average molecular weight is 509 g/mol. The molecule has 0 unspecified atom stereocenters. The third-order valence-electron chi connectivity index (χ3n) is 6.26. The fraction of sp³-hybridized carbons (Fsp3) is 0.250. The van der Waals surface area contributed by atoms with Gasteiger partial charge in [0.1, 0.15) is 6.61 Å². The van der Waals surface area contributed by atoms with Gasteiger partial charge in [-0.3, -0.25) is 4.79 Å². The van der Waals surface area contributed by atoms with Gasteiger partial charge >= 0.3 is 12.2 Å². The average Bonchev–Trinajstić information content (AvgIpc) is 3.25. The number of carbonyl (C=O) groups excluding carboxylic acids is 2. The number of cyclic esters (lactones) is 1. The summed E-state index contributed by atoms with van der Waals surface area (Å²) in [6, 6.07) is 20.8. The van der Waals surface area contributed by atoms with Gasteiger partial charge in [-0.05, 0) is 41.7 Å². The monoisotopic (exact) mass is 508 g/mol. The number of carbonyl (C=O) groups is 3. The summed E-state index contributed by atoms with van der Waals surface area (Å²) in [7, 11) is 0. The number of hydrogen-bond acceptors (Lipinski definition) is 4. The van der Waals surface area contributed by atoms with Crippen LogP contribution in [-0.4, -0.2) is 52.2 Å². The Kier molecular flexibility index (Phi) is 8.12. The lowest BCUT2D eigenvalue weighted by molar-refractivity contribution is -0.133. The Bertz CT molecular complexity index is 1260. The van der Waals surface area contributed by atoms with E-state index in [-0.39, 0.29) is 26.1 Å². The lowest BCUT2D eigenvalue weighted by Gasteiger charge is -2.29. The SMILES string of the molecule is O=C(O)N(Cc1ccccc1)C[C@@H](Cc1ccc(F)c(F)c1)C(=O)N1C(=O)OC[C@H]1Cc1ccccc1. The number of amides is 3. The molecule has 1 aliphatic rings. The van der Waals surface area contributed by atoms with E-state index in [1.807, 2.05) is 30.3 Å². The van der Waals surface area contributed by atoms with E-state index in [0.29, 0.717) is 17.5 Å². The Hall–Kier alpha value is -4.27. The summed E-state index contributed by atoms with van der Waals surface area (Å²) in [5, 5.41) is 9.88. The second kappa shape index (κ2) is 11.6. The minimum absolute atomic E-state index is 0.00399. The van der Waals surface area contributed by atoms with Crippen LogP contribution < -0.4 is 0 Å². The molecule has 3 aromatic rings. The summed E-state index contributed by atoms with van der Waals surface area (Å²) in [5.74, 6) is -3.79. The highest BCUT2D eigenvalue weighted by molar-refractivity contribution is 5.95. The van der Waals surface area contributed by atoms with Crippen LogP contribution in [0.25, 0.3) is 0 Å². The van der Waals surface area contributed by atoms with E-state index in [0.717, 1.165) is 27.5 Å². The van der Waals surface area contributed by atoms with Gasteiger partial charge in [-0.2, -0.15) is 0 Å². The minimum atomic E-state index is -1.25. The van der Waals surface area contributed by atoms with E-state index < -0.39 is 41.7 Å². The van der Waals surface area contributed by atoms with Crippen molar-refractivity contribution in [3.63, 3.8) is 0 Å². The number of imide groups is 1. The lowest BCUT2D eigenvalue weighted by Crippen LogP contribution is -2.47. The van der Waals surface area contributed by atoms with Crippen molar-refractivity contribution in [1.82, 2.24) is 9.80 Å². The number of benzene rings is 3. The van der Waals surface area contributed by atoms with E-state index in [1.54, 1.807) is 30.3 Å². The summed E-state index contributed by atoms with van der Waals surface area (Å²) >= 11 is 0. The highest BCUT2D eigenvalue weighted by atomic mass is 19.2. The van der Waals surface area contributed by atoms with Gasteiger partial charge in [-0.15, -0.1) is 0 Å². The van der Waals surface area contributed by atoms with Crippen LogP contribution in [0.3, 0.4) is 0 Å². The number of halogens is 2. The van der Waals surface area contributed by atoms with Crippen LogP contribution in [0.2, 0.25) is 0 Å². The van der Waals surface area contributed by atoms with E-state index in [9.17, 15) is 28.3 Å². The first kappa shape index (κ1) is 25.8. The molecular weight excluding hydrogens is 482 g/mol. The maximum Gasteiger partial charge on any atom is 0.416 e. The molecule has 1 aliphatic heterocycles. The second-order valence-electron chi connectivity index (χ2n) is 8.93. The Morgan fingerprint density at radius 3 is 2.22 bits per heavy atom. The normalized spacial score (nSPS) is 15.8. The molecule has 0 saturated carbocycles. The van der Waals surface area contributed by atoms with Crippen LogP contribution in [0, 0.1) is 17.6 Å². The van der Waals surface area contributed by atoms with E-state index in [4.69, 9.17) is 4.74 Å². The van der Waals surface area contributed by atoms with Crippen molar-refractivity contribution in [2.75, 3.05) is 13.2 Å². The summed E-state index contributed by atoms with van der Waals surface area (Å²) in [4.78, 5) is 40.6. The summed E-state index contributed by atoms with van der Waals surface area (Å²) in [5.41, 5.74) is 1.91. The zero-order valence-corrected chi connectivity index (χ0v) is 19.9. The van der Waals surface area contributed by atoms with Gasteiger partial charge in [-0.25, -0.2) is 23.3 Å². The third kappa shape index (κ3) is 6.49. The van der Waals surface area contributed by atoms with Gasteiger partial charge < -0.3 is 14.7 Å². The van der Waals surface area contributed by atoms with Crippen LogP contribution in [-0.2, 0) is 28.9 Å². The largest absolute Gasteiger partial charge is 0.465 e. The predicted octanol–water partition coefficient (Wildman–Crippen LogP) is 4.89. The van der Waals surface area contributed by atoms with Gasteiger partial charge in [0.05, 0.1) is 12.0 Å². The fourth-order valence-corrected chi connectivity index (χ4v) is 4.42. The molecule has 0 bridgehead atoms. The molecule has 192 valence electrons. The first-order valence-corrected chi connectivity index (χ1v) is 11.8. The van der Waals surface area contributed by atoms with Gasteiger partial charge in [0, 0.05) is 13.1 Å². The Labute approximate surface area is 212 Å². The van der Waals surface area contributed by atoms with Gasteiger partial charge in [0.15, 0.2) is 11.6 Å². The molecule has 9 heteroatoms. The van der Waals surface area contributed by atoms with Crippen LogP contribution in [0.4, 0.5) is 18.4 Å². The van der Waals surface area contributed by atoms with Crippen LogP contribution in [0.15, 0.2) is 78.9 Å². The Morgan fingerprint density at radius 2 is 1.59 bits per heavy atom. The van der Waals surface area contributed by atoms with E-state index in [1.165, 1.54) is 6.07 Å². The van der Waals surface area contributed by atoms with Gasteiger partial charge in [0.2, 0.25) is 5.91 Å². The zero-order valence-electron chi connectivity index (χ0n) is 19.9. The van der Waals surface area contributed by atoms with Crippen LogP contribution in [0.1, 0.15) is 16.7 Å². The molecule has 0 radical (unpaired) electrons. The quantitative estimate of drug-likeness (QED) is 0.445. The number of hydrogen-bond donors (Lipinski definition) is 1. The topological polar surface area (TPSA) is 87.2 Å². The first-order valence-electron chi connectivity index (χ1n) is 11.8. The van der Waals surface area contributed by atoms with Crippen molar-refractivity contribution >= 4 is 18.1 Å². The molecule has 3 aromatic carbocycles. The standard InChI is InChI=1S/C28H26F2N2O5/c29-24-12-11-21(15-25(24)30)13-22(17-31(27(34)35)16-20-9-5-2-6-10-20)26(33)32-23(18-37-28(32)36)14-19-7-3-1-4-8-19/h1-12,15,22-23H,13-14,16-18H2,(H,34,35)/t22-,23-/m1/s1. The molecule has 2 atom stereocenters. The molecule has 1 saturated heterocycles. The molecular formula is C28H26F2N2O5. The van der Waals surface area contributed by atoms with Crippen LogP contribution in [0.5, 0.6) is 0 Å². The third-order valence-corrected chi connectivity index (χ3v) is 6.26. The molecule has 0 aromatic heterocycles. The van der Waals surface area contributed by atoms with E-state index in [2.05, 4.69) is 0 Å². The summed E-state index contributed by atoms with van der Waals surface area (Å²) in [6.45, 7) is -0.246. The number of nitrogens with zero attached hydrogens (tertiary/aromatic N) is 2. The van der Waals surface area contributed by atoms with Crippen molar-refractivity contribution in [2.24, 2.45) is 5.92 Å². The highest BCUT2D eigenvalue weighted by Gasteiger charge is 2.41. The van der Waals surface area contributed by atoms with Crippen molar-refractivity contribution < 1.29 is 33.0 Å². The number of ether oxygens (including phenoxy) is 1. The van der Waals surface area contributed by atoms with Crippen LogP contribution >= 0.6 is 0 Å². The number of carboxylic acid groups (broad SMARTS) is 1. The van der Waals surface area contributed by atoms with Crippen molar-refractivity contribution in [1.29, 1.82) is 0 Å². The molecule has 4 rings (SSSR count). The van der Waals surface area contributed by atoms with Gasteiger partial charge in [-0.1, -0.05) is 66.7 Å². The predicted molar refractivity (Wildman–Crippen MR) is 131 cm³/mol. The molecule has 0 spiro atoms. The molecule has 37 heavy (non-hydrogen) atoms. The molecule has 1 N–H and O–H groups in total. The zero-order chi connectivity index (χ0) is 26.4. The van der Waals surface area contributed by atoms with Crippen molar-refractivity contribution in [2.45, 2.75) is 25.4 Å². The molecule has 1 fully saturated rings. The highest BCUT2D eigenvalue weighted by Crippen LogP contribution is 2.24. The van der Waals surface area contributed by atoms with Crippen molar-refractivity contribution in [3.05, 3.63) is 107 Å². The maximum atomic E-state index is 13.9. The molecule has 0 aliphatic carbocycles. The minimum Gasteiger partial charge on any atom is -0.465 e. The summed E-state index contributed by atoms with van der Waals surface area (Å²) < 4.78 is 32.6. The first-order chi connectivity index (χ1) is 17.8. The second-order valence-corrected chi connectivity index (χ2v) is 8.93. The lowest BCUT2D eigenvalue weighted by atomic mass is 9.95. The molecule has 7 nitrogen and oxygen atoms in total. The van der Waals surface area contributed by atoms with Gasteiger partial charge in [0.25, 0.3) is 0 Å². The number of rotatable bonds is 9. The maximum absolute atomic E-state index is 13.9. The Morgan fingerprint density at radius 1 is 0.946 bits per heavy atom. The molecule has 3 amide bonds.